The van der Waals surface area contributed by atoms with Gasteiger partial charge in [-0.15, -0.1) is 0 Å². The Bertz CT molecular complexity index is 1030. The van der Waals surface area contributed by atoms with E-state index in [0.29, 0.717) is 0 Å². The lowest BCUT2D eigenvalue weighted by atomic mass is 10.00. The van der Waals surface area contributed by atoms with Gasteiger partial charge in [-0.25, -0.2) is 0 Å². The van der Waals surface area contributed by atoms with Crippen molar-refractivity contribution in [1.29, 1.82) is 5.26 Å². The van der Waals surface area contributed by atoms with Crippen molar-refractivity contribution in [2.24, 2.45) is 5.92 Å². The largest absolute Gasteiger partial charge is 0.300 e. The zero-order chi connectivity index (χ0) is 21.6. The minimum Gasteiger partial charge on any atom is -0.300 e. The first-order chi connectivity index (χ1) is 14.5. The van der Waals surface area contributed by atoms with Crippen LogP contribution in [0.1, 0.15) is 20.3 Å². The van der Waals surface area contributed by atoms with Gasteiger partial charge < -0.3 is 0 Å². The van der Waals surface area contributed by atoms with Crippen LogP contribution in [0.3, 0.4) is 0 Å². The molecular formula is C26H24NO2P. The summed E-state index contributed by atoms with van der Waals surface area (Å²) in [6.07, 6.45) is 0.0342. The minimum absolute atomic E-state index is 0.0342. The second-order valence-corrected chi connectivity index (χ2v) is 10.6. The molecule has 3 aromatic rings. The first kappa shape index (κ1) is 21.5. The average Bonchev–Trinajstić information content (AvgIpc) is 2.79. The monoisotopic (exact) mass is 413 g/mol. The third-order valence-corrected chi connectivity index (χ3v) is 9.56. The molecule has 3 rings (SSSR count). The summed E-state index contributed by atoms with van der Waals surface area (Å²) in [5.41, 5.74) is 0. The number of hydrogen-bond acceptors (Lipinski definition) is 3. The number of hydrogen-bond donors (Lipinski definition) is 0. The average molecular weight is 413 g/mol. The first-order valence-electron chi connectivity index (χ1n) is 9.89. The van der Waals surface area contributed by atoms with E-state index in [9.17, 15) is 14.9 Å². The molecule has 1 atom stereocenters. The van der Waals surface area contributed by atoms with Crippen molar-refractivity contribution in [3.8, 4) is 6.07 Å². The van der Waals surface area contributed by atoms with E-state index in [1.54, 1.807) is 6.92 Å². The molecular weight excluding hydrogens is 389 g/mol. The molecule has 0 aliphatic carbocycles. The van der Waals surface area contributed by atoms with Crippen LogP contribution in [0.15, 0.2) is 91.0 Å². The Labute approximate surface area is 178 Å². The molecule has 0 unspecified atom stereocenters. The Morgan fingerprint density at radius 2 is 1.17 bits per heavy atom. The second kappa shape index (κ2) is 9.53. The number of rotatable bonds is 7. The maximum Gasteiger partial charge on any atom is 0.175 e. The summed E-state index contributed by atoms with van der Waals surface area (Å²) in [4.78, 5) is 25.3. The predicted molar refractivity (Wildman–Crippen MR) is 125 cm³/mol. The summed E-state index contributed by atoms with van der Waals surface area (Å²) in [6, 6.07) is 31.7. The summed E-state index contributed by atoms with van der Waals surface area (Å²) < 4.78 is 0. The van der Waals surface area contributed by atoms with E-state index in [4.69, 9.17) is 0 Å². The Kier molecular flexibility index (Phi) is 6.83. The number of nitriles is 1. The van der Waals surface area contributed by atoms with Crippen molar-refractivity contribution in [2.45, 2.75) is 20.3 Å². The third kappa shape index (κ3) is 4.06. The molecule has 0 fully saturated rings. The lowest BCUT2D eigenvalue weighted by Gasteiger charge is -2.30. The van der Waals surface area contributed by atoms with Crippen LogP contribution in [0, 0.1) is 17.2 Å². The summed E-state index contributed by atoms with van der Waals surface area (Å²) in [5.74, 6) is -0.737. The van der Waals surface area contributed by atoms with Crippen LogP contribution in [0.25, 0.3) is 0 Å². The topological polar surface area (TPSA) is 57.9 Å². The number of Topliss-reactive ketones (excluding diaryl/α,β-unsaturated/α-hetero) is 2. The molecule has 3 aromatic carbocycles. The minimum atomic E-state index is -2.71. The highest BCUT2D eigenvalue weighted by Gasteiger charge is 2.33. The SMILES string of the molecule is CC(=O)[C@@H](C)CC(=O)C(C#N)=P(c1ccccc1)(c1ccccc1)c1ccccc1. The van der Waals surface area contributed by atoms with Crippen LogP contribution in [0.4, 0.5) is 0 Å². The zero-order valence-corrected chi connectivity index (χ0v) is 18.1. The molecule has 0 bridgehead atoms. The van der Waals surface area contributed by atoms with E-state index >= 15 is 0 Å². The van der Waals surface area contributed by atoms with Gasteiger partial charge in [0.15, 0.2) is 5.78 Å². The zero-order valence-electron chi connectivity index (χ0n) is 17.2. The summed E-state index contributed by atoms with van der Waals surface area (Å²) in [6.45, 7) is 0.512. The molecule has 0 aliphatic rings. The molecule has 0 saturated heterocycles. The van der Waals surface area contributed by atoms with Crippen molar-refractivity contribution in [3.05, 3.63) is 91.0 Å². The first-order valence-corrected chi connectivity index (χ1v) is 11.7. The van der Waals surface area contributed by atoms with Gasteiger partial charge in [-0.05, 0) is 29.7 Å². The van der Waals surface area contributed by atoms with E-state index in [1.165, 1.54) is 6.92 Å². The van der Waals surface area contributed by atoms with Gasteiger partial charge in [0, 0.05) is 12.3 Å². The van der Waals surface area contributed by atoms with E-state index in [-0.39, 0.29) is 23.3 Å². The van der Waals surface area contributed by atoms with Crippen LogP contribution >= 0.6 is 6.89 Å². The molecule has 0 aliphatic heterocycles. The number of benzene rings is 3. The molecule has 0 N–H and O–H groups in total. The van der Waals surface area contributed by atoms with E-state index in [0.717, 1.165) is 15.9 Å². The lowest BCUT2D eigenvalue weighted by molar-refractivity contribution is -0.123. The second-order valence-electron chi connectivity index (χ2n) is 7.28. The lowest BCUT2D eigenvalue weighted by Crippen LogP contribution is -2.33. The molecule has 0 spiro atoms. The van der Waals surface area contributed by atoms with Gasteiger partial charge in [-0.3, -0.25) is 9.59 Å². The van der Waals surface area contributed by atoms with Gasteiger partial charge in [-0.1, -0.05) is 97.9 Å². The van der Waals surface area contributed by atoms with Crippen molar-refractivity contribution in [2.75, 3.05) is 0 Å². The van der Waals surface area contributed by atoms with Crippen LogP contribution < -0.4 is 15.9 Å². The fourth-order valence-corrected chi connectivity index (χ4v) is 7.77. The number of nitrogens with zero attached hydrogens (tertiary/aromatic N) is 1. The molecule has 0 heterocycles. The van der Waals surface area contributed by atoms with Crippen LogP contribution in [-0.4, -0.2) is 16.9 Å². The van der Waals surface area contributed by atoms with Gasteiger partial charge in [-0.2, -0.15) is 5.26 Å². The highest BCUT2D eigenvalue weighted by Crippen LogP contribution is 2.46. The van der Waals surface area contributed by atoms with E-state index in [2.05, 4.69) is 6.07 Å². The van der Waals surface area contributed by atoms with Gasteiger partial charge in [0.1, 0.15) is 17.1 Å². The van der Waals surface area contributed by atoms with Crippen molar-refractivity contribution < 1.29 is 9.59 Å². The molecule has 30 heavy (non-hydrogen) atoms. The van der Waals surface area contributed by atoms with Crippen LogP contribution in [-0.2, 0) is 9.59 Å². The van der Waals surface area contributed by atoms with E-state index in [1.807, 2.05) is 91.0 Å². The molecule has 4 heteroatoms. The molecule has 0 amide bonds. The quantitative estimate of drug-likeness (QED) is 0.553. The smallest absolute Gasteiger partial charge is 0.175 e. The Hall–Kier alpha value is -3.21. The number of carbonyl (C=O) groups is 2. The Morgan fingerprint density at radius 1 is 0.800 bits per heavy atom. The highest BCUT2D eigenvalue weighted by molar-refractivity contribution is 7.96. The molecule has 3 nitrogen and oxygen atoms in total. The highest BCUT2D eigenvalue weighted by atomic mass is 31.2. The summed E-state index contributed by atoms with van der Waals surface area (Å²) >= 11 is 0. The fourth-order valence-electron chi connectivity index (χ4n) is 3.63. The van der Waals surface area contributed by atoms with Gasteiger partial charge in [0.25, 0.3) is 0 Å². The van der Waals surface area contributed by atoms with Crippen molar-refractivity contribution in [1.82, 2.24) is 0 Å². The fraction of sp³-hybridized carbons (Fsp3) is 0.154. The Balaban J connectivity index is 2.47. The summed E-state index contributed by atoms with van der Waals surface area (Å²) in [7, 11) is 0. The third-order valence-electron chi connectivity index (χ3n) is 5.32. The standard InChI is InChI=1S/C26H24NO2P/c1-20(21(2)28)18-25(29)26(19-27)30(22-12-6-3-7-13-22,23-14-8-4-9-15-23)24-16-10-5-11-17-24/h3-17,20H,18H2,1-2H3/t20-/m0/s1. The van der Waals surface area contributed by atoms with Crippen LogP contribution in [0.5, 0.6) is 0 Å². The van der Waals surface area contributed by atoms with E-state index < -0.39 is 12.8 Å². The molecule has 0 saturated carbocycles. The van der Waals surface area contributed by atoms with Gasteiger partial charge >= 0.3 is 0 Å². The normalized spacial score (nSPS) is 11.9. The maximum atomic E-state index is 13.5. The molecule has 0 radical (unpaired) electrons. The van der Waals surface area contributed by atoms with Crippen LogP contribution in [0.2, 0.25) is 0 Å². The molecule has 0 aromatic heterocycles. The van der Waals surface area contributed by atoms with Gasteiger partial charge in [0.05, 0.1) is 0 Å². The predicted octanol–water partition coefficient (Wildman–Crippen LogP) is 3.86. The van der Waals surface area contributed by atoms with Gasteiger partial charge in [0.2, 0.25) is 0 Å². The molecule has 150 valence electrons. The maximum absolute atomic E-state index is 13.5. The summed E-state index contributed by atoms with van der Waals surface area (Å²) in [5, 5.41) is 13.4. The van der Waals surface area contributed by atoms with Crippen molar-refractivity contribution in [3.63, 3.8) is 0 Å². The Morgan fingerprint density at radius 3 is 1.47 bits per heavy atom. The number of carbonyl (C=O) groups excluding carboxylic acids is 2. The number of ketones is 2. The van der Waals surface area contributed by atoms with Crippen molar-refractivity contribution >= 4 is 39.7 Å².